The number of halogens is 4. The second kappa shape index (κ2) is 6.17. The zero-order chi connectivity index (χ0) is 14.6. The molecule has 0 unspecified atom stereocenters. The molecule has 0 bridgehead atoms. The first kappa shape index (κ1) is 14.7. The maximum Gasteiger partial charge on any atom is 0.573 e. The van der Waals surface area contributed by atoms with Gasteiger partial charge in [-0.25, -0.2) is 0 Å². The van der Waals surface area contributed by atoms with Crippen LogP contribution in [0.4, 0.5) is 13.2 Å². The van der Waals surface area contributed by atoms with Crippen LogP contribution in [0, 0.1) is 0 Å². The van der Waals surface area contributed by atoms with E-state index in [-0.39, 0.29) is 18.1 Å². The summed E-state index contributed by atoms with van der Waals surface area (Å²) in [5.41, 5.74) is 0.852. The SMILES string of the molecule is FC(F)(F)Oc1ccc(Br)cc1OCc1ccccc1. The highest BCUT2D eigenvalue weighted by atomic mass is 79.9. The van der Waals surface area contributed by atoms with Gasteiger partial charge in [-0.1, -0.05) is 46.3 Å². The smallest absolute Gasteiger partial charge is 0.485 e. The molecule has 0 amide bonds. The molecule has 0 heterocycles. The highest BCUT2D eigenvalue weighted by molar-refractivity contribution is 9.10. The van der Waals surface area contributed by atoms with Crippen LogP contribution in [0.3, 0.4) is 0 Å². The van der Waals surface area contributed by atoms with E-state index in [1.807, 2.05) is 30.3 Å². The van der Waals surface area contributed by atoms with Gasteiger partial charge in [0.2, 0.25) is 0 Å². The van der Waals surface area contributed by atoms with E-state index in [0.717, 1.165) is 5.56 Å². The van der Waals surface area contributed by atoms with Crippen molar-refractivity contribution in [1.29, 1.82) is 0 Å². The summed E-state index contributed by atoms with van der Waals surface area (Å²) >= 11 is 3.19. The van der Waals surface area contributed by atoms with Gasteiger partial charge >= 0.3 is 6.36 Å². The zero-order valence-electron chi connectivity index (χ0n) is 10.2. The van der Waals surface area contributed by atoms with Crippen LogP contribution in [0.2, 0.25) is 0 Å². The van der Waals surface area contributed by atoms with Gasteiger partial charge in [0.25, 0.3) is 0 Å². The summed E-state index contributed by atoms with van der Waals surface area (Å²) in [6, 6.07) is 13.2. The average molecular weight is 347 g/mol. The van der Waals surface area contributed by atoms with Crippen LogP contribution < -0.4 is 9.47 Å². The molecular formula is C14H10BrF3O2. The van der Waals surface area contributed by atoms with Gasteiger partial charge in [-0.2, -0.15) is 0 Å². The van der Waals surface area contributed by atoms with Gasteiger partial charge in [-0.05, 0) is 23.8 Å². The first-order valence-corrected chi connectivity index (χ1v) is 6.45. The number of hydrogen-bond acceptors (Lipinski definition) is 2. The molecule has 2 nitrogen and oxygen atoms in total. The molecule has 0 atom stereocenters. The standard InChI is InChI=1S/C14H10BrF3O2/c15-11-6-7-12(20-14(16,17)18)13(8-11)19-9-10-4-2-1-3-5-10/h1-8H,9H2. The molecule has 0 N–H and O–H groups in total. The Labute approximate surface area is 122 Å². The highest BCUT2D eigenvalue weighted by Gasteiger charge is 2.32. The number of rotatable bonds is 4. The minimum Gasteiger partial charge on any atom is -0.485 e. The summed E-state index contributed by atoms with van der Waals surface area (Å²) < 4.78 is 46.8. The quantitative estimate of drug-likeness (QED) is 0.781. The van der Waals surface area contributed by atoms with Crippen molar-refractivity contribution in [3.05, 3.63) is 58.6 Å². The summed E-state index contributed by atoms with van der Waals surface area (Å²) in [6.45, 7) is 0.158. The van der Waals surface area contributed by atoms with Gasteiger partial charge < -0.3 is 9.47 Å². The van der Waals surface area contributed by atoms with E-state index < -0.39 is 6.36 Å². The summed E-state index contributed by atoms with van der Waals surface area (Å²) in [5.74, 6) is -0.336. The Kier molecular flexibility index (Phi) is 4.54. The van der Waals surface area contributed by atoms with Crippen LogP contribution in [0.5, 0.6) is 11.5 Å². The number of benzene rings is 2. The molecular weight excluding hydrogens is 337 g/mol. The third-order valence-electron chi connectivity index (χ3n) is 2.37. The third kappa shape index (κ3) is 4.45. The summed E-state index contributed by atoms with van der Waals surface area (Å²) in [7, 11) is 0. The lowest BCUT2D eigenvalue weighted by Gasteiger charge is -2.14. The third-order valence-corrected chi connectivity index (χ3v) is 2.86. The van der Waals surface area contributed by atoms with E-state index in [1.54, 1.807) is 0 Å². The summed E-state index contributed by atoms with van der Waals surface area (Å²) in [4.78, 5) is 0. The minimum absolute atomic E-state index is 0.0283. The molecule has 6 heteroatoms. The fourth-order valence-electron chi connectivity index (χ4n) is 1.54. The lowest BCUT2D eigenvalue weighted by molar-refractivity contribution is -0.275. The van der Waals surface area contributed by atoms with Crippen LogP contribution in [-0.4, -0.2) is 6.36 Å². The van der Waals surface area contributed by atoms with E-state index in [9.17, 15) is 13.2 Å². The van der Waals surface area contributed by atoms with Crippen molar-refractivity contribution in [3.63, 3.8) is 0 Å². The van der Waals surface area contributed by atoms with Crippen molar-refractivity contribution in [2.24, 2.45) is 0 Å². The van der Waals surface area contributed by atoms with Gasteiger partial charge in [-0.3, -0.25) is 0 Å². The van der Waals surface area contributed by atoms with E-state index in [2.05, 4.69) is 20.7 Å². The normalized spacial score (nSPS) is 11.2. The molecule has 0 spiro atoms. The molecule has 0 fully saturated rings. The number of ether oxygens (including phenoxy) is 2. The van der Waals surface area contributed by atoms with Crippen LogP contribution >= 0.6 is 15.9 Å². The van der Waals surface area contributed by atoms with Gasteiger partial charge in [0, 0.05) is 4.47 Å². The predicted octanol–water partition coefficient (Wildman–Crippen LogP) is 4.93. The lowest BCUT2D eigenvalue weighted by Crippen LogP contribution is -2.17. The monoisotopic (exact) mass is 346 g/mol. The van der Waals surface area contributed by atoms with Gasteiger partial charge in [0.1, 0.15) is 6.61 Å². The van der Waals surface area contributed by atoms with Crippen molar-refractivity contribution in [3.8, 4) is 11.5 Å². The van der Waals surface area contributed by atoms with Crippen LogP contribution in [0.15, 0.2) is 53.0 Å². The molecule has 106 valence electrons. The van der Waals surface area contributed by atoms with E-state index >= 15 is 0 Å². The van der Waals surface area contributed by atoms with Gasteiger partial charge in [-0.15, -0.1) is 13.2 Å². The Morgan fingerprint density at radius 2 is 1.65 bits per heavy atom. The fraction of sp³-hybridized carbons (Fsp3) is 0.143. The molecule has 0 saturated carbocycles. The second-order valence-corrected chi connectivity index (χ2v) is 4.83. The Bertz CT molecular complexity index is 570. The highest BCUT2D eigenvalue weighted by Crippen LogP contribution is 2.34. The van der Waals surface area contributed by atoms with Crippen LogP contribution in [-0.2, 0) is 6.61 Å². The van der Waals surface area contributed by atoms with E-state index in [4.69, 9.17) is 4.74 Å². The summed E-state index contributed by atoms with van der Waals surface area (Å²) in [6.07, 6.45) is -4.75. The van der Waals surface area contributed by atoms with Crippen LogP contribution in [0.25, 0.3) is 0 Å². The lowest BCUT2D eigenvalue weighted by atomic mass is 10.2. The number of hydrogen-bond donors (Lipinski definition) is 0. The van der Waals surface area contributed by atoms with E-state index in [1.165, 1.54) is 18.2 Å². The summed E-state index contributed by atoms with van der Waals surface area (Å²) in [5, 5.41) is 0. The maximum atomic E-state index is 12.3. The van der Waals surface area contributed by atoms with Crippen molar-refractivity contribution in [1.82, 2.24) is 0 Å². The molecule has 2 rings (SSSR count). The van der Waals surface area contributed by atoms with Crippen molar-refractivity contribution < 1.29 is 22.6 Å². The molecule has 20 heavy (non-hydrogen) atoms. The second-order valence-electron chi connectivity index (χ2n) is 3.91. The van der Waals surface area contributed by atoms with Crippen molar-refractivity contribution in [2.45, 2.75) is 13.0 Å². The Morgan fingerprint density at radius 1 is 0.950 bits per heavy atom. The average Bonchev–Trinajstić information content (AvgIpc) is 2.39. The topological polar surface area (TPSA) is 18.5 Å². The van der Waals surface area contributed by atoms with Gasteiger partial charge in [0.15, 0.2) is 11.5 Å². The Morgan fingerprint density at radius 3 is 2.30 bits per heavy atom. The van der Waals surface area contributed by atoms with Crippen LogP contribution in [0.1, 0.15) is 5.56 Å². The Hall–Kier alpha value is -1.69. The molecule has 2 aromatic rings. The molecule has 0 radical (unpaired) electrons. The molecule has 2 aromatic carbocycles. The fourth-order valence-corrected chi connectivity index (χ4v) is 1.88. The molecule has 0 aromatic heterocycles. The maximum absolute atomic E-state index is 12.3. The van der Waals surface area contributed by atoms with Gasteiger partial charge in [0.05, 0.1) is 0 Å². The first-order valence-electron chi connectivity index (χ1n) is 5.66. The molecule has 0 aliphatic carbocycles. The first-order chi connectivity index (χ1) is 9.44. The number of alkyl halides is 3. The van der Waals surface area contributed by atoms with Crippen molar-refractivity contribution in [2.75, 3.05) is 0 Å². The molecule has 0 aliphatic heterocycles. The minimum atomic E-state index is -4.75. The van der Waals surface area contributed by atoms with Crippen molar-refractivity contribution >= 4 is 15.9 Å². The largest absolute Gasteiger partial charge is 0.573 e. The predicted molar refractivity (Wildman–Crippen MR) is 71.6 cm³/mol. The molecule has 0 aliphatic rings. The Balaban J connectivity index is 2.15. The zero-order valence-corrected chi connectivity index (χ0v) is 11.7. The van der Waals surface area contributed by atoms with E-state index in [0.29, 0.717) is 4.47 Å². The molecule has 0 saturated heterocycles.